The molecule has 1 heterocycles. The van der Waals surface area contributed by atoms with Gasteiger partial charge < -0.3 is 5.11 Å². The molecule has 0 saturated heterocycles. The van der Waals surface area contributed by atoms with Crippen molar-refractivity contribution < 1.29 is 5.11 Å². The van der Waals surface area contributed by atoms with Crippen LogP contribution in [0.1, 0.15) is 5.56 Å². The average molecular weight is 278 g/mol. The number of hydrogen-bond donors (Lipinski definition) is 1. The van der Waals surface area contributed by atoms with Gasteiger partial charge >= 0.3 is 0 Å². The van der Waals surface area contributed by atoms with Gasteiger partial charge in [-0.25, -0.2) is 0 Å². The zero-order valence-corrected chi connectivity index (χ0v) is 9.71. The second-order valence-corrected chi connectivity index (χ2v) is 4.80. The van der Waals surface area contributed by atoms with E-state index in [-0.39, 0.29) is 6.61 Å². The molecule has 0 atom stereocenters. The van der Waals surface area contributed by atoms with Crippen LogP contribution in [0.15, 0.2) is 22.0 Å². The highest BCUT2D eigenvalue weighted by molar-refractivity contribution is 9.10. The minimum absolute atomic E-state index is 0.0484. The summed E-state index contributed by atoms with van der Waals surface area (Å²) in [5.74, 6) is 0. The molecule has 1 N–H and O–H groups in total. The maximum absolute atomic E-state index is 9.11. The van der Waals surface area contributed by atoms with Crippen LogP contribution in [0.25, 0.3) is 10.1 Å². The van der Waals surface area contributed by atoms with Crippen LogP contribution in [-0.4, -0.2) is 5.11 Å². The van der Waals surface area contributed by atoms with E-state index in [2.05, 4.69) is 15.9 Å². The molecule has 0 aliphatic carbocycles. The summed E-state index contributed by atoms with van der Waals surface area (Å²) in [4.78, 5) is 0. The molecule has 0 unspecified atom stereocenters. The van der Waals surface area contributed by atoms with Crippen LogP contribution in [-0.2, 0) is 6.61 Å². The van der Waals surface area contributed by atoms with Gasteiger partial charge in [-0.2, -0.15) is 0 Å². The molecule has 4 heteroatoms. The standard InChI is InChI=1S/C9H6BrClOS/c10-7-3-5(4-12)9-6(8(7)11)1-2-13-9/h1-3,12H,4H2. The highest BCUT2D eigenvalue weighted by Crippen LogP contribution is 2.36. The van der Waals surface area contributed by atoms with Gasteiger partial charge in [-0.05, 0) is 39.0 Å². The molecule has 13 heavy (non-hydrogen) atoms. The topological polar surface area (TPSA) is 20.2 Å². The first kappa shape index (κ1) is 9.46. The van der Waals surface area contributed by atoms with Gasteiger partial charge in [0.1, 0.15) is 0 Å². The molecule has 1 aromatic heterocycles. The molecule has 0 radical (unpaired) electrons. The molecule has 0 saturated carbocycles. The Morgan fingerprint density at radius 3 is 3.00 bits per heavy atom. The smallest absolute Gasteiger partial charge is 0.0696 e. The summed E-state index contributed by atoms with van der Waals surface area (Å²) < 4.78 is 1.90. The molecule has 1 nitrogen and oxygen atoms in total. The number of thiophene rings is 1. The first-order valence-electron chi connectivity index (χ1n) is 3.69. The van der Waals surface area contributed by atoms with Crippen molar-refractivity contribution in [2.75, 3.05) is 0 Å². The predicted molar refractivity (Wildman–Crippen MR) is 60.5 cm³/mol. The molecule has 0 aliphatic rings. The summed E-state index contributed by atoms with van der Waals surface area (Å²) in [5, 5.41) is 12.8. The fourth-order valence-corrected chi connectivity index (χ4v) is 2.93. The SMILES string of the molecule is OCc1cc(Br)c(Cl)c2ccsc12. The first-order valence-corrected chi connectivity index (χ1v) is 5.74. The number of benzene rings is 1. The van der Waals surface area contributed by atoms with Crippen molar-refractivity contribution in [3.05, 3.63) is 32.6 Å². The van der Waals surface area contributed by atoms with Crippen molar-refractivity contribution in [2.45, 2.75) is 6.61 Å². The zero-order chi connectivity index (χ0) is 9.42. The normalized spacial score (nSPS) is 11.0. The second-order valence-electron chi connectivity index (χ2n) is 2.65. The minimum atomic E-state index is 0.0484. The van der Waals surface area contributed by atoms with Gasteiger partial charge in [-0.15, -0.1) is 11.3 Å². The summed E-state index contributed by atoms with van der Waals surface area (Å²) in [6.07, 6.45) is 0. The second kappa shape index (κ2) is 3.58. The summed E-state index contributed by atoms with van der Waals surface area (Å²) in [6.45, 7) is 0.0484. The third-order valence-electron chi connectivity index (χ3n) is 1.87. The van der Waals surface area contributed by atoms with E-state index in [9.17, 15) is 0 Å². The molecule has 68 valence electrons. The molecule has 0 spiro atoms. The van der Waals surface area contributed by atoms with Crippen LogP contribution in [0, 0.1) is 0 Å². The number of aliphatic hydroxyl groups excluding tert-OH is 1. The van der Waals surface area contributed by atoms with Gasteiger partial charge in [0, 0.05) is 14.6 Å². The van der Waals surface area contributed by atoms with E-state index in [0.29, 0.717) is 5.02 Å². The van der Waals surface area contributed by atoms with Crippen LogP contribution in [0.2, 0.25) is 5.02 Å². The minimum Gasteiger partial charge on any atom is -0.392 e. The Morgan fingerprint density at radius 2 is 2.31 bits per heavy atom. The molecule has 2 aromatic rings. The van der Waals surface area contributed by atoms with Gasteiger partial charge in [0.05, 0.1) is 11.6 Å². The van der Waals surface area contributed by atoms with E-state index < -0.39 is 0 Å². The number of aliphatic hydroxyl groups is 1. The van der Waals surface area contributed by atoms with E-state index in [0.717, 1.165) is 20.1 Å². The third kappa shape index (κ3) is 1.50. The Labute approximate surface area is 93.1 Å². The van der Waals surface area contributed by atoms with Gasteiger partial charge in [-0.1, -0.05) is 11.6 Å². The highest BCUT2D eigenvalue weighted by Gasteiger charge is 2.09. The summed E-state index contributed by atoms with van der Waals surface area (Å²) in [7, 11) is 0. The Morgan fingerprint density at radius 1 is 1.54 bits per heavy atom. The van der Waals surface area contributed by atoms with Crippen molar-refractivity contribution in [1.82, 2.24) is 0 Å². The number of hydrogen-bond acceptors (Lipinski definition) is 2. The van der Waals surface area contributed by atoms with Crippen molar-refractivity contribution >= 4 is 49.0 Å². The average Bonchev–Trinajstić information content (AvgIpc) is 2.60. The molecule has 0 aliphatic heterocycles. The van der Waals surface area contributed by atoms with Gasteiger partial charge in [0.15, 0.2) is 0 Å². The predicted octanol–water partition coefficient (Wildman–Crippen LogP) is 3.81. The molecule has 2 rings (SSSR count). The number of halogens is 2. The summed E-state index contributed by atoms with van der Waals surface area (Å²) >= 11 is 11.0. The van der Waals surface area contributed by atoms with E-state index in [4.69, 9.17) is 16.7 Å². The summed E-state index contributed by atoms with van der Waals surface area (Å²) in [5.41, 5.74) is 0.918. The van der Waals surface area contributed by atoms with E-state index >= 15 is 0 Å². The zero-order valence-electron chi connectivity index (χ0n) is 6.55. The Kier molecular flexibility index (Phi) is 2.60. The van der Waals surface area contributed by atoms with Crippen molar-refractivity contribution in [3.63, 3.8) is 0 Å². The van der Waals surface area contributed by atoms with E-state index in [1.165, 1.54) is 0 Å². The van der Waals surface area contributed by atoms with Gasteiger partial charge in [0.2, 0.25) is 0 Å². The lowest BCUT2D eigenvalue weighted by molar-refractivity contribution is 0.283. The highest BCUT2D eigenvalue weighted by atomic mass is 79.9. The molecule has 0 bridgehead atoms. The molecule has 0 amide bonds. The van der Waals surface area contributed by atoms with Crippen LogP contribution in [0.4, 0.5) is 0 Å². The van der Waals surface area contributed by atoms with Crippen molar-refractivity contribution in [2.24, 2.45) is 0 Å². The molecular formula is C9H6BrClOS. The largest absolute Gasteiger partial charge is 0.392 e. The number of fused-ring (bicyclic) bond motifs is 1. The quantitative estimate of drug-likeness (QED) is 0.840. The van der Waals surface area contributed by atoms with Crippen LogP contribution in [0.3, 0.4) is 0 Å². The van der Waals surface area contributed by atoms with Crippen LogP contribution >= 0.6 is 38.9 Å². The molecular weight excluding hydrogens is 272 g/mol. The Hall–Kier alpha value is -0.0900. The van der Waals surface area contributed by atoms with Gasteiger partial charge in [-0.3, -0.25) is 0 Å². The van der Waals surface area contributed by atoms with E-state index in [1.807, 2.05) is 17.5 Å². The first-order chi connectivity index (χ1) is 6.24. The monoisotopic (exact) mass is 276 g/mol. The van der Waals surface area contributed by atoms with Crippen LogP contribution < -0.4 is 0 Å². The maximum atomic E-state index is 9.11. The van der Waals surface area contributed by atoms with Crippen molar-refractivity contribution in [1.29, 1.82) is 0 Å². The Bertz CT molecular complexity index is 452. The van der Waals surface area contributed by atoms with Crippen LogP contribution in [0.5, 0.6) is 0 Å². The third-order valence-corrected chi connectivity index (χ3v) is 4.13. The summed E-state index contributed by atoms with van der Waals surface area (Å²) in [6, 6.07) is 3.83. The number of rotatable bonds is 1. The van der Waals surface area contributed by atoms with E-state index in [1.54, 1.807) is 11.3 Å². The lowest BCUT2D eigenvalue weighted by atomic mass is 10.2. The van der Waals surface area contributed by atoms with Crippen molar-refractivity contribution in [3.8, 4) is 0 Å². The lowest BCUT2D eigenvalue weighted by Crippen LogP contribution is -1.84. The molecule has 0 fully saturated rings. The Balaban J connectivity index is 2.87. The molecule has 1 aromatic carbocycles. The maximum Gasteiger partial charge on any atom is 0.0696 e. The fourth-order valence-electron chi connectivity index (χ4n) is 1.26. The fraction of sp³-hybridized carbons (Fsp3) is 0.111. The van der Waals surface area contributed by atoms with Gasteiger partial charge in [0.25, 0.3) is 0 Å². The lowest BCUT2D eigenvalue weighted by Gasteiger charge is -2.02.